The van der Waals surface area contributed by atoms with E-state index in [1.165, 1.54) is 37.4 Å². The van der Waals surface area contributed by atoms with Crippen molar-refractivity contribution in [3.05, 3.63) is 97.9 Å². The number of dihydropyridines is 1. The second kappa shape index (κ2) is 10.9. The molecular weight excluding hydrogens is 512 g/mol. The van der Waals surface area contributed by atoms with Crippen LogP contribution >= 0.6 is 0 Å². The van der Waals surface area contributed by atoms with Crippen molar-refractivity contribution in [1.82, 2.24) is 10.2 Å². The van der Waals surface area contributed by atoms with Gasteiger partial charge < -0.3 is 14.8 Å². The zero-order chi connectivity index (χ0) is 28.5. The average molecular weight is 542 g/mol. The van der Waals surface area contributed by atoms with Crippen LogP contribution in [0.5, 0.6) is 0 Å². The van der Waals surface area contributed by atoms with E-state index in [1.807, 2.05) is 4.90 Å². The molecule has 0 radical (unpaired) electrons. The Bertz CT molecular complexity index is 1390. The molecule has 1 N–H and O–H groups in total. The fourth-order valence-electron chi connectivity index (χ4n) is 5.28. The zero-order valence-electron chi connectivity index (χ0n) is 22.0. The highest BCUT2D eigenvalue weighted by Gasteiger charge is 2.43. The van der Waals surface area contributed by atoms with Crippen LogP contribution in [0.25, 0.3) is 0 Å². The highest BCUT2D eigenvalue weighted by molar-refractivity contribution is 6.00. The second-order valence-electron chi connectivity index (χ2n) is 10.1. The highest BCUT2D eigenvalue weighted by atomic mass is 19.1. The van der Waals surface area contributed by atoms with Gasteiger partial charge in [-0.1, -0.05) is 12.1 Å². The van der Waals surface area contributed by atoms with E-state index in [9.17, 15) is 28.5 Å². The van der Waals surface area contributed by atoms with Crippen LogP contribution in [0.2, 0.25) is 0 Å². The molecule has 0 amide bonds. The standard InChI is InChI=1S/C28H29F2N3O6/c1-16-23(26(34)38-4)25(19-6-5-7-22(12-19)33(36)37)24(17(2)31-16)27(35)39-28(3)8-9-32(15-28)14-18-10-20(29)13-21(30)11-18/h5-7,10-13,25,31H,8-9,14-15H2,1-4H3/t25-,28-/m0/s1. The summed E-state index contributed by atoms with van der Waals surface area (Å²) in [6, 6.07) is 9.08. The summed E-state index contributed by atoms with van der Waals surface area (Å²) in [5.41, 5.74) is 0.879. The Hall–Kier alpha value is -4.12. The lowest BCUT2D eigenvalue weighted by molar-refractivity contribution is -0.384. The molecular formula is C28H29F2N3O6. The number of nitrogens with one attached hydrogen (secondary N) is 1. The molecule has 9 nitrogen and oxygen atoms in total. The summed E-state index contributed by atoms with van der Waals surface area (Å²) in [5, 5.41) is 14.5. The van der Waals surface area contributed by atoms with Crippen LogP contribution in [-0.2, 0) is 25.6 Å². The van der Waals surface area contributed by atoms with Gasteiger partial charge in [0.15, 0.2) is 0 Å². The molecule has 0 aliphatic carbocycles. The number of carbonyl (C=O) groups excluding carboxylic acids is 2. The number of methoxy groups -OCH3 is 1. The zero-order valence-corrected chi connectivity index (χ0v) is 22.0. The van der Waals surface area contributed by atoms with Gasteiger partial charge in [-0.25, -0.2) is 18.4 Å². The highest BCUT2D eigenvalue weighted by Crippen LogP contribution is 2.41. The monoisotopic (exact) mass is 541 g/mol. The Balaban J connectivity index is 1.62. The number of hydrogen-bond donors (Lipinski definition) is 1. The molecule has 2 aromatic carbocycles. The summed E-state index contributed by atoms with van der Waals surface area (Å²) in [4.78, 5) is 39.4. The molecule has 1 fully saturated rings. The minimum absolute atomic E-state index is 0.133. The number of nitrogens with zero attached hydrogens (tertiary/aromatic N) is 2. The number of rotatable bonds is 7. The molecule has 2 atom stereocenters. The Morgan fingerprint density at radius 1 is 1.10 bits per heavy atom. The van der Waals surface area contributed by atoms with Crippen LogP contribution < -0.4 is 5.32 Å². The molecule has 0 saturated carbocycles. The summed E-state index contributed by atoms with van der Waals surface area (Å²) < 4.78 is 38.3. The predicted octanol–water partition coefficient (Wildman–Crippen LogP) is 4.49. The normalized spacial score (nSPS) is 21.5. The van der Waals surface area contributed by atoms with Crippen molar-refractivity contribution in [3.8, 4) is 0 Å². The predicted molar refractivity (Wildman–Crippen MR) is 137 cm³/mol. The topological polar surface area (TPSA) is 111 Å². The fourth-order valence-corrected chi connectivity index (χ4v) is 5.28. The quantitative estimate of drug-likeness (QED) is 0.310. The molecule has 0 bridgehead atoms. The van der Waals surface area contributed by atoms with E-state index in [1.54, 1.807) is 26.8 Å². The Morgan fingerprint density at radius 3 is 2.36 bits per heavy atom. The molecule has 2 aromatic rings. The van der Waals surface area contributed by atoms with Crippen LogP contribution in [0.3, 0.4) is 0 Å². The van der Waals surface area contributed by atoms with Gasteiger partial charge in [0.25, 0.3) is 5.69 Å². The van der Waals surface area contributed by atoms with Gasteiger partial charge in [-0.3, -0.25) is 15.0 Å². The first-order valence-corrected chi connectivity index (χ1v) is 12.3. The van der Waals surface area contributed by atoms with Gasteiger partial charge in [0.2, 0.25) is 0 Å². The molecule has 39 heavy (non-hydrogen) atoms. The fraction of sp³-hybridized carbons (Fsp3) is 0.357. The molecule has 0 unspecified atom stereocenters. The minimum Gasteiger partial charge on any atom is -0.466 e. The van der Waals surface area contributed by atoms with Gasteiger partial charge in [0.05, 0.1) is 29.1 Å². The maximum absolute atomic E-state index is 13.7. The van der Waals surface area contributed by atoms with Crippen molar-refractivity contribution in [1.29, 1.82) is 0 Å². The lowest BCUT2D eigenvalue weighted by atomic mass is 9.80. The number of hydrogen-bond acceptors (Lipinski definition) is 8. The van der Waals surface area contributed by atoms with Crippen LogP contribution in [0, 0.1) is 21.7 Å². The number of carbonyl (C=O) groups is 2. The number of ether oxygens (including phenoxy) is 2. The number of halogens is 2. The molecule has 1 saturated heterocycles. The van der Waals surface area contributed by atoms with E-state index in [0.29, 0.717) is 42.0 Å². The molecule has 4 rings (SSSR count). The molecule has 2 aliphatic rings. The molecule has 2 heterocycles. The number of benzene rings is 2. The summed E-state index contributed by atoms with van der Waals surface area (Å²) in [7, 11) is 1.22. The summed E-state index contributed by atoms with van der Waals surface area (Å²) in [5.74, 6) is -3.67. The molecule has 11 heteroatoms. The first-order valence-electron chi connectivity index (χ1n) is 12.3. The lowest BCUT2D eigenvalue weighted by Crippen LogP contribution is -2.39. The van der Waals surface area contributed by atoms with Gasteiger partial charge in [-0.15, -0.1) is 0 Å². The molecule has 0 aromatic heterocycles. The summed E-state index contributed by atoms with van der Waals surface area (Å²) >= 11 is 0. The van der Waals surface area contributed by atoms with Crippen molar-refractivity contribution in [3.63, 3.8) is 0 Å². The Kier molecular flexibility index (Phi) is 7.82. The molecule has 0 spiro atoms. The minimum atomic E-state index is -0.970. The third-order valence-corrected chi connectivity index (χ3v) is 6.98. The largest absolute Gasteiger partial charge is 0.466 e. The lowest BCUT2D eigenvalue weighted by Gasteiger charge is -2.32. The van der Waals surface area contributed by atoms with Gasteiger partial charge in [-0.2, -0.15) is 0 Å². The van der Waals surface area contributed by atoms with E-state index in [4.69, 9.17) is 9.47 Å². The number of likely N-dealkylation sites (tertiary alicyclic amines) is 1. The van der Waals surface area contributed by atoms with Crippen LogP contribution in [0.15, 0.2) is 65.0 Å². The summed E-state index contributed by atoms with van der Waals surface area (Å²) in [6.45, 7) is 6.22. The van der Waals surface area contributed by atoms with Gasteiger partial charge >= 0.3 is 11.9 Å². The Labute approximate surface area is 224 Å². The van der Waals surface area contributed by atoms with E-state index in [0.717, 1.165) is 6.07 Å². The third kappa shape index (κ3) is 5.98. The van der Waals surface area contributed by atoms with Crippen molar-refractivity contribution < 1.29 is 32.8 Å². The van der Waals surface area contributed by atoms with Gasteiger partial charge in [0.1, 0.15) is 17.2 Å². The Morgan fingerprint density at radius 2 is 1.74 bits per heavy atom. The number of non-ortho nitro benzene ring substituents is 1. The second-order valence-corrected chi connectivity index (χ2v) is 10.1. The van der Waals surface area contributed by atoms with E-state index < -0.39 is 40.0 Å². The van der Waals surface area contributed by atoms with Crippen molar-refractivity contribution in [2.75, 3.05) is 20.2 Å². The maximum Gasteiger partial charge on any atom is 0.337 e. The van der Waals surface area contributed by atoms with Crippen molar-refractivity contribution in [2.45, 2.75) is 45.3 Å². The first kappa shape index (κ1) is 27.9. The van der Waals surface area contributed by atoms with E-state index >= 15 is 0 Å². The van der Waals surface area contributed by atoms with Crippen LogP contribution in [0.4, 0.5) is 14.5 Å². The third-order valence-electron chi connectivity index (χ3n) is 6.98. The number of esters is 2. The smallest absolute Gasteiger partial charge is 0.337 e. The number of nitro groups is 1. The number of nitro benzene ring substituents is 1. The van der Waals surface area contributed by atoms with Gasteiger partial charge in [-0.05, 0) is 44.0 Å². The van der Waals surface area contributed by atoms with Gasteiger partial charge in [0, 0.05) is 55.6 Å². The number of allylic oxidation sites excluding steroid dienone is 2. The average Bonchev–Trinajstić information content (AvgIpc) is 3.21. The van der Waals surface area contributed by atoms with Crippen molar-refractivity contribution >= 4 is 17.6 Å². The SMILES string of the molecule is COC(=O)C1=C(C)NC(C)=C(C(=O)O[C@@]2(C)CCN(Cc3cc(F)cc(F)c3)C2)[C@H]1c1cccc([N+](=O)[O-])c1. The van der Waals surface area contributed by atoms with E-state index in [2.05, 4.69) is 5.32 Å². The summed E-state index contributed by atoms with van der Waals surface area (Å²) in [6.07, 6.45) is 0.469. The maximum atomic E-state index is 13.7. The van der Waals surface area contributed by atoms with Crippen LogP contribution in [-0.4, -0.2) is 47.6 Å². The van der Waals surface area contributed by atoms with Crippen molar-refractivity contribution in [2.24, 2.45) is 0 Å². The molecule has 2 aliphatic heterocycles. The van der Waals surface area contributed by atoms with Crippen LogP contribution in [0.1, 0.15) is 44.2 Å². The first-order chi connectivity index (χ1) is 18.4. The van der Waals surface area contributed by atoms with E-state index in [-0.39, 0.29) is 23.4 Å². The molecule has 206 valence electrons.